The van der Waals surface area contributed by atoms with Crippen molar-refractivity contribution in [1.29, 1.82) is 0 Å². The van der Waals surface area contributed by atoms with Crippen molar-refractivity contribution in [3.8, 4) is 16.9 Å². The third kappa shape index (κ3) is 5.09. The summed E-state index contributed by atoms with van der Waals surface area (Å²) in [5, 5.41) is 9.88. The molecule has 0 radical (unpaired) electrons. The molecule has 0 atom stereocenters. The number of pyridine rings is 1. The lowest BCUT2D eigenvalue weighted by Crippen LogP contribution is -2.30. The van der Waals surface area contributed by atoms with E-state index in [0.717, 1.165) is 23.3 Å². The number of halogens is 5. The molecule has 0 saturated carbocycles. The highest BCUT2D eigenvalue weighted by molar-refractivity contribution is 5.86. The third-order valence-electron chi connectivity index (χ3n) is 3.72. The van der Waals surface area contributed by atoms with Gasteiger partial charge in [0.25, 0.3) is 0 Å². The molecule has 0 bridgehead atoms. The van der Waals surface area contributed by atoms with Gasteiger partial charge < -0.3 is 4.74 Å². The Balaban J connectivity index is 1.70. The van der Waals surface area contributed by atoms with Crippen LogP contribution in [0.4, 0.5) is 22.0 Å². The van der Waals surface area contributed by atoms with Crippen LogP contribution in [0, 0.1) is 0 Å². The summed E-state index contributed by atoms with van der Waals surface area (Å²) in [7, 11) is 0. The number of hydrogen-bond acceptors (Lipinski definition) is 6. The topological polar surface area (TPSA) is 82.8 Å². The Morgan fingerprint density at radius 1 is 1.00 bits per heavy atom. The Labute approximate surface area is 160 Å². The van der Waals surface area contributed by atoms with Gasteiger partial charge in [0.05, 0.1) is 0 Å². The van der Waals surface area contributed by atoms with E-state index in [9.17, 15) is 26.7 Å². The van der Waals surface area contributed by atoms with Crippen LogP contribution in [0.3, 0.4) is 0 Å². The van der Waals surface area contributed by atoms with E-state index < -0.39 is 36.7 Å². The Kier molecular flexibility index (Phi) is 5.52. The van der Waals surface area contributed by atoms with Crippen LogP contribution >= 0.6 is 0 Å². The van der Waals surface area contributed by atoms with Crippen molar-refractivity contribution in [2.75, 3.05) is 6.61 Å². The zero-order valence-electron chi connectivity index (χ0n) is 14.5. The van der Waals surface area contributed by atoms with Gasteiger partial charge in [0, 0.05) is 11.8 Å². The molecule has 0 fully saturated rings. The largest absolute Gasteiger partial charge is 0.484 e. The number of carbonyl (C=O) groups is 1. The van der Waals surface area contributed by atoms with Gasteiger partial charge in [-0.15, -0.1) is 5.10 Å². The fraction of sp³-hybridized carbons (Fsp3) is 0.235. The number of tetrazole rings is 1. The van der Waals surface area contributed by atoms with E-state index >= 15 is 0 Å². The lowest BCUT2D eigenvalue weighted by Gasteiger charge is -2.14. The predicted molar refractivity (Wildman–Crippen MR) is 87.9 cm³/mol. The van der Waals surface area contributed by atoms with Crippen LogP contribution < -0.4 is 4.74 Å². The van der Waals surface area contributed by atoms with Crippen molar-refractivity contribution in [3.63, 3.8) is 0 Å². The third-order valence-corrected chi connectivity index (χ3v) is 3.72. The molecule has 0 unspecified atom stereocenters. The molecule has 0 amide bonds. The van der Waals surface area contributed by atoms with Crippen molar-refractivity contribution in [1.82, 2.24) is 25.2 Å². The number of alkyl halides is 5. The molecular formula is C17H12F5N5O2. The highest BCUT2D eigenvalue weighted by atomic mass is 19.4. The Bertz CT molecular complexity index is 957. The first-order chi connectivity index (χ1) is 13.6. The Hall–Kier alpha value is -3.44. The van der Waals surface area contributed by atoms with Crippen molar-refractivity contribution < 1.29 is 31.5 Å². The van der Waals surface area contributed by atoms with Crippen molar-refractivity contribution in [2.24, 2.45) is 0 Å². The molecule has 0 spiro atoms. The van der Waals surface area contributed by atoms with Crippen molar-refractivity contribution in [2.45, 2.75) is 18.6 Å². The van der Waals surface area contributed by atoms with Crippen LogP contribution in [0.1, 0.15) is 5.69 Å². The molecule has 0 N–H and O–H groups in total. The second-order valence-electron chi connectivity index (χ2n) is 5.87. The average molecular weight is 413 g/mol. The van der Waals surface area contributed by atoms with Crippen LogP contribution in [0.5, 0.6) is 5.75 Å². The number of carbonyl (C=O) groups excluding carboxylic acids is 1. The van der Waals surface area contributed by atoms with E-state index in [1.807, 2.05) is 0 Å². The summed E-state index contributed by atoms with van der Waals surface area (Å²) < 4.78 is 70.5. The van der Waals surface area contributed by atoms with Gasteiger partial charge in [0.15, 0.2) is 6.61 Å². The molecule has 0 aliphatic heterocycles. The molecule has 3 rings (SSSR count). The van der Waals surface area contributed by atoms with Gasteiger partial charge in [0.2, 0.25) is 5.78 Å². The maximum Gasteiger partial charge on any atom is 0.422 e. The molecule has 0 saturated heterocycles. The first-order valence-corrected chi connectivity index (χ1v) is 8.03. The van der Waals surface area contributed by atoms with Gasteiger partial charge in [-0.05, 0) is 34.2 Å². The molecule has 0 aliphatic rings. The average Bonchev–Trinajstić information content (AvgIpc) is 3.19. The summed E-state index contributed by atoms with van der Waals surface area (Å²) in [5.74, 6) is -5.27. The second-order valence-corrected chi connectivity index (χ2v) is 5.87. The predicted octanol–water partition coefficient (Wildman–Crippen LogP) is 3.04. The number of rotatable bonds is 7. The number of nitrogens with zero attached hydrogens (tertiary/aromatic N) is 5. The number of ether oxygens (including phenoxy) is 1. The fourth-order valence-corrected chi connectivity index (χ4v) is 2.30. The Morgan fingerprint density at radius 2 is 1.69 bits per heavy atom. The SMILES string of the molecule is O=C(Cn1cnnn1)C(F)(F)c1ccc(-c2ccc(OCC(F)(F)F)cc2)cn1. The summed E-state index contributed by atoms with van der Waals surface area (Å²) in [5.41, 5.74) is 0.205. The lowest BCUT2D eigenvalue weighted by molar-refractivity contribution is -0.153. The van der Waals surface area contributed by atoms with E-state index in [2.05, 4.69) is 25.2 Å². The van der Waals surface area contributed by atoms with E-state index in [1.165, 1.54) is 30.3 Å². The monoisotopic (exact) mass is 413 g/mol. The van der Waals surface area contributed by atoms with Gasteiger partial charge in [-0.25, -0.2) is 4.68 Å². The van der Waals surface area contributed by atoms with Crippen LogP contribution in [-0.4, -0.2) is 43.8 Å². The summed E-state index contributed by atoms with van der Waals surface area (Å²) in [6.07, 6.45) is -2.28. The molecule has 0 aliphatic carbocycles. The van der Waals surface area contributed by atoms with Gasteiger partial charge >= 0.3 is 12.1 Å². The van der Waals surface area contributed by atoms with Gasteiger partial charge in [-0.2, -0.15) is 22.0 Å². The maximum atomic E-state index is 14.3. The van der Waals surface area contributed by atoms with Crippen LogP contribution in [-0.2, 0) is 17.3 Å². The highest BCUT2D eigenvalue weighted by Crippen LogP contribution is 2.30. The minimum absolute atomic E-state index is 0.00962. The highest BCUT2D eigenvalue weighted by Gasteiger charge is 2.42. The van der Waals surface area contributed by atoms with E-state index in [4.69, 9.17) is 0 Å². The number of Topliss-reactive ketones (excluding diaryl/α,β-unsaturated/α-hetero) is 1. The van der Waals surface area contributed by atoms with Gasteiger partial charge in [-0.3, -0.25) is 9.78 Å². The number of aromatic nitrogens is 5. The summed E-state index contributed by atoms with van der Waals surface area (Å²) in [6.45, 7) is -2.14. The molecule has 1 aromatic carbocycles. The molecule has 7 nitrogen and oxygen atoms in total. The number of benzene rings is 1. The van der Waals surface area contributed by atoms with Gasteiger partial charge in [0.1, 0.15) is 24.3 Å². The zero-order chi connectivity index (χ0) is 21.1. The molecule has 12 heteroatoms. The summed E-state index contributed by atoms with van der Waals surface area (Å²) >= 11 is 0. The number of hydrogen-bond donors (Lipinski definition) is 0. The van der Waals surface area contributed by atoms with E-state index in [-0.39, 0.29) is 5.75 Å². The normalized spacial score (nSPS) is 12.0. The lowest BCUT2D eigenvalue weighted by atomic mass is 10.1. The van der Waals surface area contributed by atoms with Crippen LogP contribution in [0.25, 0.3) is 11.1 Å². The standard InChI is InChI=1S/C17H12F5N5O2/c18-16(19,20)9-29-13-4-1-11(2-5-13)12-3-6-14(23-7-12)17(21,22)15(28)8-27-10-24-25-26-27/h1-7,10H,8-9H2. The van der Waals surface area contributed by atoms with E-state index in [0.29, 0.717) is 11.1 Å². The summed E-state index contributed by atoms with van der Waals surface area (Å²) in [6, 6.07) is 7.89. The Morgan fingerprint density at radius 3 is 2.24 bits per heavy atom. The molecule has 29 heavy (non-hydrogen) atoms. The molecular weight excluding hydrogens is 401 g/mol. The first-order valence-electron chi connectivity index (χ1n) is 8.03. The smallest absolute Gasteiger partial charge is 0.422 e. The minimum Gasteiger partial charge on any atom is -0.484 e. The van der Waals surface area contributed by atoms with Gasteiger partial charge in [-0.1, -0.05) is 18.2 Å². The summed E-state index contributed by atoms with van der Waals surface area (Å²) in [4.78, 5) is 15.5. The van der Waals surface area contributed by atoms with Crippen molar-refractivity contribution >= 4 is 5.78 Å². The number of ketones is 1. The molecule has 152 valence electrons. The maximum absolute atomic E-state index is 14.3. The second kappa shape index (κ2) is 7.89. The fourth-order valence-electron chi connectivity index (χ4n) is 2.30. The quantitative estimate of drug-likeness (QED) is 0.554. The molecule has 2 heterocycles. The van der Waals surface area contributed by atoms with E-state index in [1.54, 1.807) is 0 Å². The van der Waals surface area contributed by atoms with Crippen LogP contribution in [0.2, 0.25) is 0 Å². The minimum atomic E-state index is -4.45. The molecule has 2 aromatic heterocycles. The first kappa shape index (κ1) is 20.3. The molecule has 3 aromatic rings. The zero-order valence-corrected chi connectivity index (χ0v) is 14.5. The van der Waals surface area contributed by atoms with Crippen molar-refractivity contribution in [3.05, 3.63) is 54.6 Å². The van der Waals surface area contributed by atoms with Crippen LogP contribution in [0.15, 0.2) is 48.9 Å².